The van der Waals surface area contributed by atoms with Gasteiger partial charge in [0.05, 0.1) is 18.4 Å². The largest absolute Gasteiger partial charge is 0.469 e. The molecular weight excluding hydrogens is 485 g/mol. The fourth-order valence-corrected chi connectivity index (χ4v) is 5.17. The Balaban J connectivity index is 1.74. The third-order valence-electron chi connectivity index (χ3n) is 6.05. The first-order chi connectivity index (χ1) is 17.0. The number of alkyl halides is 3. The first-order valence-corrected chi connectivity index (χ1v) is 12.6. The lowest BCUT2D eigenvalue weighted by atomic mass is 9.95. The van der Waals surface area contributed by atoms with Gasteiger partial charge in [-0.3, -0.25) is 4.79 Å². The van der Waals surface area contributed by atoms with Gasteiger partial charge in [0.2, 0.25) is 0 Å². The number of esters is 1. The fraction of sp³-hybridized carbons (Fsp3) is 0.357. The number of nitrogens with two attached hydrogens (primary N) is 1. The molecule has 0 aliphatic carbocycles. The van der Waals surface area contributed by atoms with Crippen LogP contribution in [0.1, 0.15) is 65.4 Å². The minimum Gasteiger partial charge on any atom is -0.469 e. The smallest absolute Gasteiger partial charge is 0.416 e. The summed E-state index contributed by atoms with van der Waals surface area (Å²) >= 11 is 1.52. The molecule has 0 unspecified atom stereocenters. The van der Waals surface area contributed by atoms with Gasteiger partial charge in [-0.2, -0.15) is 13.2 Å². The second kappa shape index (κ2) is 11.8. The molecule has 0 amide bonds. The molecule has 36 heavy (non-hydrogen) atoms. The molecule has 2 aromatic carbocycles. The van der Waals surface area contributed by atoms with Gasteiger partial charge in [-0.15, -0.1) is 11.3 Å². The van der Waals surface area contributed by atoms with Crippen LogP contribution in [0.15, 0.2) is 49.0 Å². The summed E-state index contributed by atoms with van der Waals surface area (Å²) in [6, 6.07) is 11.2. The number of hydrogen-bond donors (Lipinski definition) is 1. The van der Waals surface area contributed by atoms with E-state index in [4.69, 9.17) is 15.5 Å². The van der Waals surface area contributed by atoms with Crippen LogP contribution < -0.4 is 5.73 Å². The number of thiazole rings is 1. The number of carbonyl (C=O) groups is 1. The predicted molar refractivity (Wildman–Crippen MR) is 139 cm³/mol. The van der Waals surface area contributed by atoms with Crippen molar-refractivity contribution in [3.05, 3.63) is 81.9 Å². The Morgan fingerprint density at radius 1 is 1.08 bits per heavy atom. The number of rotatable bonds is 10. The van der Waals surface area contributed by atoms with Crippen LogP contribution in [0, 0.1) is 0 Å². The standard InChI is InChI=1S/C28H31F3N2O2S/c1-17(2)26-24(36-27(33-26)20-8-11-23(12-9-20)28(29,30)31)13-5-18(3)21-7-6-19(22(15-21)16-32)10-14-25(34)35-4/h6-9,11-12,15,17H,3,5,10,13-14,16,32H2,1-2,4H3. The number of benzene rings is 2. The van der Waals surface area contributed by atoms with E-state index in [0.717, 1.165) is 51.4 Å². The SMILES string of the molecule is C=C(CCc1sc(-c2ccc(C(F)(F)F)cc2)nc1C(C)C)c1ccc(CCC(=O)OC)c(CN)c1. The molecule has 0 bridgehead atoms. The molecule has 1 aromatic heterocycles. The highest BCUT2D eigenvalue weighted by molar-refractivity contribution is 7.15. The van der Waals surface area contributed by atoms with Gasteiger partial charge in [0.25, 0.3) is 0 Å². The van der Waals surface area contributed by atoms with Crippen LogP contribution in [0.5, 0.6) is 0 Å². The minimum atomic E-state index is -4.36. The van der Waals surface area contributed by atoms with E-state index in [0.29, 0.717) is 36.4 Å². The quantitative estimate of drug-likeness (QED) is 0.290. The third kappa shape index (κ3) is 6.83. The monoisotopic (exact) mass is 516 g/mol. The van der Waals surface area contributed by atoms with Crippen LogP contribution in [-0.4, -0.2) is 18.1 Å². The zero-order chi connectivity index (χ0) is 26.5. The molecule has 3 aromatic rings. The Labute approximate surface area is 214 Å². The molecule has 192 valence electrons. The van der Waals surface area contributed by atoms with E-state index in [1.807, 2.05) is 18.2 Å². The van der Waals surface area contributed by atoms with Crippen molar-refractivity contribution in [2.75, 3.05) is 7.11 Å². The van der Waals surface area contributed by atoms with Crippen molar-refractivity contribution >= 4 is 22.9 Å². The van der Waals surface area contributed by atoms with E-state index < -0.39 is 11.7 Å². The number of carbonyl (C=O) groups excluding carboxylic acids is 1. The number of nitrogens with zero attached hydrogens (tertiary/aromatic N) is 1. The molecule has 8 heteroatoms. The van der Waals surface area contributed by atoms with Gasteiger partial charge in [-0.25, -0.2) is 4.98 Å². The maximum absolute atomic E-state index is 12.9. The number of aryl methyl sites for hydroxylation is 2. The van der Waals surface area contributed by atoms with E-state index in [1.165, 1.54) is 30.6 Å². The highest BCUT2D eigenvalue weighted by Crippen LogP contribution is 2.36. The number of methoxy groups -OCH3 is 1. The Kier molecular flexibility index (Phi) is 9.08. The average Bonchev–Trinajstić information content (AvgIpc) is 3.30. The second-order valence-corrected chi connectivity index (χ2v) is 10.0. The summed E-state index contributed by atoms with van der Waals surface area (Å²) in [4.78, 5) is 17.3. The highest BCUT2D eigenvalue weighted by atomic mass is 32.1. The summed E-state index contributed by atoms with van der Waals surface area (Å²) in [6.07, 6.45) is -2.06. The minimum absolute atomic E-state index is 0.186. The number of halogens is 3. The summed E-state index contributed by atoms with van der Waals surface area (Å²) in [7, 11) is 1.37. The molecule has 4 nitrogen and oxygen atoms in total. The molecular formula is C28H31F3N2O2S. The van der Waals surface area contributed by atoms with Crippen molar-refractivity contribution in [1.82, 2.24) is 4.98 Å². The van der Waals surface area contributed by atoms with Crippen molar-refractivity contribution in [3.8, 4) is 10.6 Å². The predicted octanol–water partition coefficient (Wildman–Crippen LogP) is 7.16. The van der Waals surface area contributed by atoms with Gasteiger partial charge < -0.3 is 10.5 Å². The highest BCUT2D eigenvalue weighted by Gasteiger charge is 2.30. The van der Waals surface area contributed by atoms with Crippen molar-refractivity contribution in [2.24, 2.45) is 5.73 Å². The maximum atomic E-state index is 12.9. The van der Waals surface area contributed by atoms with Crippen LogP contribution in [0.2, 0.25) is 0 Å². The number of aromatic nitrogens is 1. The van der Waals surface area contributed by atoms with E-state index in [1.54, 1.807) is 0 Å². The Hall–Kier alpha value is -2.97. The first-order valence-electron chi connectivity index (χ1n) is 11.8. The van der Waals surface area contributed by atoms with Crippen molar-refractivity contribution in [1.29, 1.82) is 0 Å². The first kappa shape index (κ1) is 27.6. The van der Waals surface area contributed by atoms with Gasteiger partial charge in [-0.05, 0) is 65.6 Å². The van der Waals surface area contributed by atoms with Crippen LogP contribution in [0.3, 0.4) is 0 Å². The Morgan fingerprint density at radius 2 is 1.78 bits per heavy atom. The number of hydrogen-bond acceptors (Lipinski definition) is 5. The molecule has 0 atom stereocenters. The maximum Gasteiger partial charge on any atom is 0.416 e. The molecule has 2 N–H and O–H groups in total. The van der Waals surface area contributed by atoms with Gasteiger partial charge >= 0.3 is 12.1 Å². The lowest BCUT2D eigenvalue weighted by Crippen LogP contribution is -2.07. The van der Waals surface area contributed by atoms with Crippen LogP contribution >= 0.6 is 11.3 Å². The van der Waals surface area contributed by atoms with Gasteiger partial charge in [0, 0.05) is 23.4 Å². The summed E-state index contributed by atoms with van der Waals surface area (Å²) in [5, 5.41) is 0.716. The molecule has 0 fully saturated rings. The average molecular weight is 517 g/mol. The Morgan fingerprint density at radius 3 is 2.36 bits per heavy atom. The second-order valence-electron chi connectivity index (χ2n) is 8.92. The third-order valence-corrected chi connectivity index (χ3v) is 7.23. The molecule has 0 saturated heterocycles. The molecule has 0 aliphatic heterocycles. The van der Waals surface area contributed by atoms with E-state index in [2.05, 4.69) is 20.4 Å². The van der Waals surface area contributed by atoms with Crippen molar-refractivity contribution < 1.29 is 22.7 Å². The summed E-state index contributed by atoms with van der Waals surface area (Å²) in [5.41, 5.74) is 10.9. The summed E-state index contributed by atoms with van der Waals surface area (Å²) in [6.45, 7) is 8.75. The molecule has 0 saturated carbocycles. The Bertz CT molecular complexity index is 1210. The van der Waals surface area contributed by atoms with Crippen molar-refractivity contribution in [3.63, 3.8) is 0 Å². The van der Waals surface area contributed by atoms with Crippen LogP contribution in [0.4, 0.5) is 13.2 Å². The van der Waals surface area contributed by atoms with Crippen LogP contribution in [-0.2, 0) is 35.1 Å². The van der Waals surface area contributed by atoms with E-state index >= 15 is 0 Å². The van der Waals surface area contributed by atoms with Gasteiger partial charge in [0.1, 0.15) is 5.01 Å². The number of ether oxygens (including phenoxy) is 1. The summed E-state index contributed by atoms with van der Waals surface area (Å²) < 4.78 is 43.5. The molecule has 0 aliphatic rings. The zero-order valence-electron chi connectivity index (χ0n) is 20.7. The van der Waals surface area contributed by atoms with Gasteiger partial charge in [-0.1, -0.05) is 44.7 Å². The van der Waals surface area contributed by atoms with Crippen LogP contribution in [0.25, 0.3) is 16.1 Å². The molecule has 0 spiro atoms. The van der Waals surface area contributed by atoms with E-state index in [-0.39, 0.29) is 11.9 Å². The van der Waals surface area contributed by atoms with E-state index in [9.17, 15) is 18.0 Å². The number of allylic oxidation sites excluding steroid dienone is 1. The zero-order valence-corrected chi connectivity index (χ0v) is 21.6. The normalized spacial score (nSPS) is 11.7. The van der Waals surface area contributed by atoms with Gasteiger partial charge in [0.15, 0.2) is 0 Å². The molecule has 3 rings (SSSR count). The lowest BCUT2D eigenvalue weighted by molar-refractivity contribution is -0.140. The van der Waals surface area contributed by atoms with Crippen molar-refractivity contribution in [2.45, 2.75) is 58.2 Å². The fourth-order valence-electron chi connectivity index (χ4n) is 3.95. The topological polar surface area (TPSA) is 65.2 Å². The molecule has 1 heterocycles. The molecule has 0 radical (unpaired) electrons. The lowest BCUT2D eigenvalue weighted by Gasteiger charge is -2.12. The summed E-state index contributed by atoms with van der Waals surface area (Å²) in [5.74, 6) is -0.0710.